The molecular formula is C24H29N3O4S2. The fraction of sp³-hybridized carbons (Fsp3) is 0.417. The summed E-state index contributed by atoms with van der Waals surface area (Å²) in [5.41, 5.74) is 3.55. The predicted octanol–water partition coefficient (Wildman–Crippen LogP) is 3.69. The minimum atomic E-state index is -3.41. The summed E-state index contributed by atoms with van der Waals surface area (Å²) in [7, 11) is -3.41. The van der Waals surface area contributed by atoms with Gasteiger partial charge in [-0.1, -0.05) is 17.4 Å². The summed E-state index contributed by atoms with van der Waals surface area (Å²) in [6.45, 7) is 8.73. The van der Waals surface area contributed by atoms with Crippen molar-refractivity contribution in [1.82, 2.24) is 9.88 Å². The monoisotopic (exact) mass is 487 g/mol. The Morgan fingerprint density at radius 2 is 1.88 bits per heavy atom. The average Bonchev–Trinajstić information content (AvgIpc) is 3.19. The first-order valence-electron chi connectivity index (χ1n) is 11.0. The zero-order valence-corrected chi connectivity index (χ0v) is 20.8. The molecule has 1 fully saturated rings. The number of aryl methyl sites for hydroxylation is 2. The largest absolute Gasteiger partial charge is 0.379 e. The third kappa shape index (κ3) is 5.60. The van der Waals surface area contributed by atoms with Crippen molar-refractivity contribution < 1.29 is 17.9 Å². The number of anilines is 1. The zero-order valence-electron chi connectivity index (χ0n) is 19.2. The highest BCUT2D eigenvalue weighted by Crippen LogP contribution is 2.32. The summed E-state index contributed by atoms with van der Waals surface area (Å²) in [5, 5.41) is 0.631. The van der Waals surface area contributed by atoms with Crippen molar-refractivity contribution in [2.24, 2.45) is 0 Å². The van der Waals surface area contributed by atoms with Crippen LogP contribution in [-0.4, -0.2) is 69.9 Å². The topological polar surface area (TPSA) is 79.8 Å². The summed E-state index contributed by atoms with van der Waals surface area (Å²) in [4.78, 5) is 22.5. The van der Waals surface area contributed by atoms with Gasteiger partial charge in [0.15, 0.2) is 15.0 Å². The maximum Gasteiger partial charge on any atom is 0.260 e. The van der Waals surface area contributed by atoms with Crippen molar-refractivity contribution in [3.63, 3.8) is 0 Å². The Balaban J connectivity index is 1.64. The normalized spacial score (nSPS) is 15.1. The molecule has 0 bridgehead atoms. The number of aromatic nitrogens is 1. The van der Waals surface area contributed by atoms with Crippen molar-refractivity contribution in [1.29, 1.82) is 0 Å². The lowest BCUT2D eigenvalue weighted by molar-refractivity contribution is 0.0376. The number of nitrogens with zero attached hydrogens (tertiary/aromatic N) is 3. The number of fused-ring (bicyclic) bond motifs is 1. The predicted molar refractivity (Wildman–Crippen MR) is 132 cm³/mol. The SMILES string of the molecule is Cc1cc2nc(N(CCCN3CCOCC3)C(=O)c3cccc(S(C)(=O)=O)c3)sc2cc1C. The van der Waals surface area contributed by atoms with E-state index < -0.39 is 9.84 Å². The number of sulfone groups is 1. The van der Waals surface area contributed by atoms with Crippen LogP contribution in [0.15, 0.2) is 41.3 Å². The molecule has 9 heteroatoms. The van der Waals surface area contributed by atoms with Crippen LogP contribution in [0.5, 0.6) is 0 Å². The van der Waals surface area contributed by atoms with Crippen LogP contribution in [-0.2, 0) is 14.6 Å². The summed E-state index contributed by atoms with van der Waals surface area (Å²) < 4.78 is 30.5. The van der Waals surface area contributed by atoms with Crippen LogP contribution in [0.25, 0.3) is 10.2 Å². The fourth-order valence-corrected chi connectivity index (χ4v) is 5.60. The second kappa shape index (κ2) is 9.89. The van der Waals surface area contributed by atoms with Crippen molar-refractivity contribution >= 4 is 42.4 Å². The summed E-state index contributed by atoms with van der Waals surface area (Å²) in [6, 6.07) is 10.4. The van der Waals surface area contributed by atoms with Crippen LogP contribution < -0.4 is 4.90 Å². The van der Waals surface area contributed by atoms with E-state index in [9.17, 15) is 13.2 Å². The Bertz CT molecular complexity index is 1220. The van der Waals surface area contributed by atoms with Crippen molar-refractivity contribution in [3.05, 3.63) is 53.1 Å². The molecule has 2 aromatic carbocycles. The number of thiazole rings is 1. The van der Waals surface area contributed by atoms with Crippen LogP contribution >= 0.6 is 11.3 Å². The molecule has 1 aliphatic rings. The van der Waals surface area contributed by atoms with E-state index in [1.807, 2.05) is 6.07 Å². The molecule has 4 rings (SSSR count). The lowest BCUT2D eigenvalue weighted by atomic mass is 10.1. The molecular weight excluding hydrogens is 458 g/mol. The van der Waals surface area contributed by atoms with Gasteiger partial charge >= 0.3 is 0 Å². The molecule has 0 unspecified atom stereocenters. The third-order valence-electron chi connectivity index (χ3n) is 5.94. The summed E-state index contributed by atoms with van der Waals surface area (Å²) in [5.74, 6) is -0.241. The fourth-order valence-electron chi connectivity index (χ4n) is 3.86. The van der Waals surface area contributed by atoms with Gasteiger partial charge in [-0.25, -0.2) is 13.4 Å². The number of hydrogen-bond acceptors (Lipinski definition) is 7. The van der Waals surface area contributed by atoms with Gasteiger partial charge in [-0.15, -0.1) is 0 Å². The smallest absolute Gasteiger partial charge is 0.260 e. The maximum absolute atomic E-state index is 13.6. The lowest BCUT2D eigenvalue weighted by Crippen LogP contribution is -2.39. The Morgan fingerprint density at radius 3 is 2.61 bits per heavy atom. The van der Waals surface area contributed by atoms with E-state index in [0.29, 0.717) is 17.2 Å². The van der Waals surface area contributed by atoms with Crippen LogP contribution in [0.1, 0.15) is 27.9 Å². The Hall–Kier alpha value is -2.33. The molecule has 176 valence electrons. The molecule has 0 saturated carbocycles. The number of amides is 1. The minimum Gasteiger partial charge on any atom is -0.379 e. The Labute approximate surface area is 198 Å². The highest BCUT2D eigenvalue weighted by molar-refractivity contribution is 7.90. The number of ether oxygens (including phenoxy) is 1. The number of carbonyl (C=O) groups excluding carboxylic acids is 1. The number of morpholine rings is 1. The second-order valence-electron chi connectivity index (χ2n) is 8.46. The van der Waals surface area contributed by atoms with E-state index in [-0.39, 0.29) is 10.8 Å². The van der Waals surface area contributed by atoms with E-state index >= 15 is 0 Å². The standard InChI is InChI=1S/C24H29N3O4S2/c1-17-14-21-22(15-18(17)2)32-24(25-21)27(9-5-8-26-10-12-31-13-11-26)23(28)19-6-4-7-20(16-19)33(3,29)30/h4,6-7,14-16H,5,8-13H2,1-3H3. The van der Waals surface area contributed by atoms with Crippen molar-refractivity contribution in [3.8, 4) is 0 Å². The zero-order chi connectivity index (χ0) is 23.6. The first-order valence-corrected chi connectivity index (χ1v) is 13.7. The highest BCUT2D eigenvalue weighted by Gasteiger charge is 2.23. The van der Waals surface area contributed by atoms with Crippen LogP contribution in [0.3, 0.4) is 0 Å². The third-order valence-corrected chi connectivity index (χ3v) is 8.09. The molecule has 0 radical (unpaired) electrons. The highest BCUT2D eigenvalue weighted by atomic mass is 32.2. The molecule has 1 aliphatic heterocycles. The van der Waals surface area contributed by atoms with Gasteiger partial charge in [0.1, 0.15) is 0 Å². The van der Waals surface area contributed by atoms with E-state index in [2.05, 4.69) is 24.8 Å². The summed E-state index contributed by atoms with van der Waals surface area (Å²) >= 11 is 1.49. The molecule has 2 heterocycles. The lowest BCUT2D eigenvalue weighted by Gasteiger charge is -2.27. The first kappa shape index (κ1) is 23.8. The van der Waals surface area contributed by atoms with E-state index in [1.54, 1.807) is 17.0 Å². The van der Waals surface area contributed by atoms with Gasteiger partial charge in [0, 0.05) is 38.0 Å². The molecule has 0 aliphatic carbocycles. The number of benzene rings is 2. The molecule has 33 heavy (non-hydrogen) atoms. The van der Waals surface area contributed by atoms with Crippen molar-refractivity contribution in [2.45, 2.75) is 25.2 Å². The molecule has 7 nitrogen and oxygen atoms in total. The molecule has 0 atom stereocenters. The van der Waals surface area contributed by atoms with Gasteiger partial charge in [-0.3, -0.25) is 14.6 Å². The van der Waals surface area contributed by atoms with Gasteiger partial charge in [0.2, 0.25) is 0 Å². The van der Waals surface area contributed by atoms with E-state index in [1.165, 1.54) is 29.0 Å². The summed E-state index contributed by atoms with van der Waals surface area (Å²) in [6.07, 6.45) is 1.93. The first-order chi connectivity index (χ1) is 15.7. The van der Waals surface area contributed by atoms with E-state index in [4.69, 9.17) is 9.72 Å². The number of carbonyl (C=O) groups is 1. The van der Waals surface area contributed by atoms with Gasteiger partial charge < -0.3 is 4.74 Å². The maximum atomic E-state index is 13.6. The van der Waals surface area contributed by atoms with Gasteiger partial charge in [0.25, 0.3) is 5.91 Å². The van der Waals surface area contributed by atoms with Crippen LogP contribution in [0, 0.1) is 13.8 Å². The van der Waals surface area contributed by atoms with Crippen LogP contribution in [0.4, 0.5) is 5.13 Å². The van der Waals surface area contributed by atoms with Crippen LogP contribution in [0.2, 0.25) is 0 Å². The Morgan fingerprint density at radius 1 is 1.15 bits per heavy atom. The molecule has 3 aromatic rings. The number of rotatable bonds is 7. The molecule has 0 N–H and O–H groups in total. The van der Waals surface area contributed by atoms with E-state index in [0.717, 1.165) is 61.3 Å². The molecule has 1 amide bonds. The quantitative estimate of drug-likeness (QED) is 0.506. The Kier molecular flexibility index (Phi) is 7.13. The van der Waals surface area contributed by atoms with Gasteiger partial charge in [0.05, 0.1) is 28.3 Å². The molecule has 1 aromatic heterocycles. The van der Waals surface area contributed by atoms with Crippen molar-refractivity contribution in [2.75, 3.05) is 50.5 Å². The second-order valence-corrected chi connectivity index (χ2v) is 11.5. The molecule has 0 spiro atoms. The number of hydrogen-bond donors (Lipinski definition) is 0. The average molecular weight is 488 g/mol. The minimum absolute atomic E-state index is 0.136. The van der Waals surface area contributed by atoms with Gasteiger partial charge in [-0.2, -0.15) is 0 Å². The van der Waals surface area contributed by atoms with Gasteiger partial charge in [-0.05, 0) is 61.7 Å². The molecule has 1 saturated heterocycles.